The van der Waals surface area contributed by atoms with Crippen molar-refractivity contribution in [3.63, 3.8) is 0 Å². The highest BCUT2D eigenvalue weighted by atomic mass is 35.5. The van der Waals surface area contributed by atoms with Crippen molar-refractivity contribution in [2.45, 2.75) is 25.8 Å². The van der Waals surface area contributed by atoms with Gasteiger partial charge >= 0.3 is 0 Å². The summed E-state index contributed by atoms with van der Waals surface area (Å²) in [7, 11) is 0. The fourth-order valence-corrected chi connectivity index (χ4v) is 2.61. The Bertz CT molecular complexity index is 470. The fourth-order valence-electron chi connectivity index (χ4n) is 2.37. The molecule has 3 nitrogen and oxygen atoms in total. The number of amides is 1. The molecule has 0 unspecified atom stereocenters. The van der Waals surface area contributed by atoms with Gasteiger partial charge in [0.05, 0.1) is 10.6 Å². The van der Waals surface area contributed by atoms with Gasteiger partial charge in [-0.1, -0.05) is 17.7 Å². The van der Waals surface area contributed by atoms with Gasteiger partial charge in [0.15, 0.2) is 0 Å². The topological polar surface area (TPSA) is 32.3 Å². The predicted molar refractivity (Wildman–Crippen MR) is 74.0 cm³/mol. The van der Waals surface area contributed by atoms with E-state index >= 15 is 0 Å². The molecule has 1 aliphatic rings. The standard InChI is InChI=1S/C14H18ClFN2O/c1-14(2)9-17-7-4-8-18(14)13(19)12-10(15)5-3-6-11(12)16/h3,5-6,17H,4,7-9H2,1-2H3. The molecule has 1 aromatic carbocycles. The van der Waals surface area contributed by atoms with Crippen LogP contribution in [0, 0.1) is 5.82 Å². The van der Waals surface area contributed by atoms with Crippen LogP contribution in [-0.2, 0) is 0 Å². The number of hydrogen-bond donors (Lipinski definition) is 1. The third-order valence-electron chi connectivity index (χ3n) is 3.45. The lowest BCUT2D eigenvalue weighted by molar-refractivity contribution is 0.0573. The second kappa shape index (κ2) is 5.47. The Balaban J connectivity index is 2.37. The van der Waals surface area contributed by atoms with Gasteiger partial charge < -0.3 is 10.2 Å². The molecular formula is C14H18ClFN2O. The Morgan fingerprint density at radius 3 is 2.89 bits per heavy atom. The van der Waals surface area contributed by atoms with Gasteiger partial charge in [-0.05, 0) is 38.9 Å². The first-order valence-electron chi connectivity index (χ1n) is 6.40. The van der Waals surface area contributed by atoms with Crippen LogP contribution in [0.5, 0.6) is 0 Å². The number of carbonyl (C=O) groups excluding carboxylic acids is 1. The average Bonchev–Trinajstić information content (AvgIpc) is 2.49. The molecule has 0 bridgehead atoms. The molecule has 5 heteroatoms. The number of nitrogens with one attached hydrogen (secondary N) is 1. The van der Waals surface area contributed by atoms with Crippen LogP contribution in [0.1, 0.15) is 30.6 Å². The zero-order chi connectivity index (χ0) is 14.0. The maximum atomic E-state index is 13.9. The summed E-state index contributed by atoms with van der Waals surface area (Å²) in [5.74, 6) is -0.901. The van der Waals surface area contributed by atoms with Crippen molar-refractivity contribution < 1.29 is 9.18 Å². The number of carbonyl (C=O) groups is 1. The predicted octanol–water partition coefficient (Wildman–Crippen LogP) is 2.69. The largest absolute Gasteiger partial charge is 0.332 e. The molecule has 0 spiro atoms. The second-order valence-corrected chi connectivity index (χ2v) is 5.80. The SMILES string of the molecule is CC1(C)CNCCCN1C(=O)c1c(F)cccc1Cl. The highest BCUT2D eigenvalue weighted by molar-refractivity contribution is 6.33. The summed E-state index contributed by atoms with van der Waals surface area (Å²) in [6.07, 6.45) is 0.848. The van der Waals surface area contributed by atoms with Gasteiger partial charge in [-0.25, -0.2) is 4.39 Å². The van der Waals surface area contributed by atoms with E-state index in [0.29, 0.717) is 13.1 Å². The van der Waals surface area contributed by atoms with Crippen molar-refractivity contribution in [2.75, 3.05) is 19.6 Å². The Kier molecular flexibility index (Phi) is 4.11. The molecule has 1 saturated heterocycles. The van der Waals surface area contributed by atoms with E-state index < -0.39 is 5.82 Å². The van der Waals surface area contributed by atoms with Gasteiger partial charge in [-0.3, -0.25) is 4.79 Å². The quantitative estimate of drug-likeness (QED) is 0.860. The van der Waals surface area contributed by atoms with Crippen molar-refractivity contribution in [3.05, 3.63) is 34.6 Å². The molecule has 1 amide bonds. The van der Waals surface area contributed by atoms with Crippen LogP contribution in [0.15, 0.2) is 18.2 Å². The number of hydrogen-bond acceptors (Lipinski definition) is 2. The third kappa shape index (κ3) is 2.90. The van der Waals surface area contributed by atoms with Crippen LogP contribution in [0.25, 0.3) is 0 Å². The van der Waals surface area contributed by atoms with Crippen molar-refractivity contribution in [3.8, 4) is 0 Å². The minimum atomic E-state index is -0.564. The van der Waals surface area contributed by atoms with Gasteiger partial charge in [-0.2, -0.15) is 0 Å². The summed E-state index contributed by atoms with van der Waals surface area (Å²) in [5, 5.41) is 3.45. The van der Waals surface area contributed by atoms with Crippen molar-refractivity contribution in [1.29, 1.82) is 0 Å². The first kappa shape index (κ1) is 14.3. The molecule has 0 aromatic heterocycles. The molecule has 0 atom stereocenters. The molecular weight excluding hydrogens is 267 g/mol. The fraction of sp³-hybridized carbons (Fsp3) is 0.500. The molecule has 2 rings (SSSR count). The van der Waals surface area contributed by atoms with Crippen molar-refractivity contribution >= 4 is 17.5 Å². The van der Waals surface area contributed by atoms with E-state index in [1.807, 2.05) is 13.8 Å². The Morgan fingerprint density at radius 2 is 2.21 bits per heavy atom. The monoisotopic (exact) mass is 284 g/mol. The summed E-state index contributed by atoms with van der Waals surface area (Å²) in [4.78, 5) is 14.3. The van der Waals surface area contributed by atoms with Gasteiger partial charge in [0.25, 0.3) is 5.91 Å². The highest BCUT2D eigenvalue weighted by Gasteiger charge is 2.34. The van der Waals surface area contributed by atoms with Gasteiger partial charge in [0.2, 0.25) is 0 Å². The second-order valence-electron chi connectivity index (χ2n) is 5.40. The summed E-state index contributed by atoms with van der Waals surface area (Å²) in [5.41, 5.74) is -0.390. The van der Waals surface area contributed by atoms with Gasteiger partial charge in [0.1, 0.15) is 5.82 Å². The van der Waals surface area contributed by atoms with Crippen molar-refractivity contribution in [2.24, 2.45) is 0 Å². The lowest BCUT2D eigenvalue weighted by atomic mass is 10.0. The molecule has 0 aliphatic carbocycles. The van der Waals surface area contributed by atoms with Gasteiger partial charge in [-0.15, -0.1) is 0 Å². The summed E-state index contributed by atoms with van der Waals surface area (Å²) in [6, 6.07) is 4.31. The van der Waals surface area contributed by atoms with Gasteiger partial charge in [0, 0.05) is 18.6 Å². The normalized spacial score (nSPS) is 19.1. The molecule has 1 aromatic rings. The maximum absolute atomic E-state index is 13.9. The molecule has 1 aliphatic heterocycles. The molecule has 0 saturated carbocycles. The minimum Gasteiger partial charge on any atom is -0.332 e. The Morgan fingerprint density at radius 1 is 1.47 bits per heavy atom. The van der Waals surface area contributed by atoms with E-state index in [9.17, 15) is 9.18 Å². The smallest absolute Gasteiger partial charge is 0.258 e. The van der Waals surface area contributed by atoms with E-state index in [0.717, 1.165) is 13.0 Å². The molecule has 1 fully saturated rings. The highest BCUT2D eigenvalue weighted by Crippen LogP contribution is 2.25. The molecule has 1 heterocycles. The zero-order valence-corrected chi connectivity index (χ0v) is 11.9. The summed E-state index contributed by atoms with van der Waals surface area (Å²) < 4.78 is 13.9. The summed E-state index contributed by atoms with van der Waals surface area (Å²) in [6.45, 7) is 6.09. The Hall–Kier alpha value is -1.13. The number of benzene rings is 1. The van der Waals surface area contributed by atoms with Crippen LogP contribution >= 0.6 is 11.6 Å². The number of nitrogens with zero attached hydrogens (tertiary/aromatic N) is 1. The lowest BCUT2D eigenvalue weighted by Gasteiger charge is -2.37. The molecule has 104 valence electrons. The molecule has 19 heavy (non-hydrogen) atoms. The van der Waals surface area contributed by atoms with Crippen molar-refractivity contribution in [1.82, 2.24) is 10.2 Å². The van der Waals surface area contributed by atoms with Crippen LogP contribution in [0.4, 0.5) is 4.39 Å². The maximum Gasteiger partial charge on any atom is 0.258 e. The average molecular weight is 285 g/mol. The first-order valence-corrected chi connectivity index (χ1v) is 6.78. The zero-order valence-electron chi connectivity index (χ0n) is 11.2. The van der Waals surface area contributed by atoms with E-state index in [1.165, 1.54) is 12.1 Å². The van der Waals surface area contributed by atoms with Crippen LogP contribution in [0.2, 0.25) is 5.02 Å². The van der Waals surface area contributed by atoms with E-state index in [4.69, 9.17) is 11.6 Å². The Labute approximate surface area is 117 Å². The molecule has 1 N–H and O–H groups in total. The molecule has 0 radical (unpaired) electrons. The third-order valence-corrected chi connectivity index (χ3v) is 3.76. The summed E-state index contributed by atoms with van der Waals surface area (Å²) >= 11 is 5.97. The minimum absolute atomic E-state index is 0.0286. The van der Waals surface area contributed by atoms with E-state index in [2.05, 4.69) is 5.32 Å². The van der Waals surface area contributed by atoms with Crippen LogP contribution in [-0.4, -0.2) is 36.0 Å². The number of halogens is 2. The lowest BCUT2D eigenvalue weighted by Crippen LogP contribution is -2.51. The van der Waals surface area contributed by atoms with E-state index in [1.54, 1.807) is 11.0 Å². The van der Waals surface area contributed by atoms with Crippen LogP contribution < -0.4 is 5.32 Å². The first-order chi connectivity index (χ1) is 8.93. The van der Waals surface area contributed by atoms with Crippen LogP contribution in [0.3, 0.4) is 0 Å². The van der Waals surface area contributed by atoms with E-state index in [-0.39, 0.29) is 22.0 Å². The number of rotatable bonds is 1.